The Bertz CT molecular complexity index is 841. The first-order chi connectivity index (χ1) is 10.3. The van der Waals surface area contributed by atoms with Crippen LogP contribution < -0.4 is 14.9 Å². The van der Waals surface area contributed by atoms with Gasteiger partial charge in [0, 0.05) is 5.56 Å². The molecule has 0 saturated carbocycles. The molecule has 0 bridgehead atoms. The number of fused-ring (bicyclic) bond motifs is 2. The summed E-state index contributed by atoms with van der Waals surface area (Å²) in [6.07, 6.45) is 1.58. The number of aromatic nitrogens is 2. The summed E-state index contributed by atoms with van der Waals surface area (Å²) in [6, 6.07) is 12.7. The number of ether oxygens (including phenoxy) is 2. The molecule has 2 aromatic carbocycles. The van der Waals surface area contributed by atoms with Crippen LogP contribution in [0.4, 0.5) is 0 Å². The van der Waals surface area contributed by atoms with E-state index in [0.717, 1.165) is 11.0 Å². The molecule has 0 atom stereocenters. The van der Waals surface area contributed by atoms with Crippen LogP contribution >= 0.6 is 0 Å². The highest BCUT2D eigenvalue weighted by molar-refractivity contribution is 6.01. The van der Waals surface area contributed by atoms with E-state index in [1.165, 1.54) is 0 Å². The van der Waals surface area contributed by atoms with Gasteiger partial charge in [-0.2, -0.15) is 0 Å². The van der Waals surface area contributed by atoms with E-state index in [1.54, 1.807) is 29.2 Å². The summed E-state index contributed by atoms with van der Waals surface area (Å²) in [5.74, 6) is 0.995. The number of hydrogen-bond donors (Lipinski definition) is 1. The molecule has 0 unspecified atom stereocenters. The van der Waals surface area contributed by atoms with Gasteiger partial charge in [0.1, 0.15) is 6.33 Å². The number of carbonyl (C=O) groups excluding carboxylic acids is 1. The molecule has 1 aliphatic rings. The highest BCUT2D eigenvalue weighted by atomic mass is 16.7. The van der Waals surface area contributed by atoms with Gasteiger partial charge in [0.05, 0.1) is 11.0 Å². The SMILES string of the molecule is O=C(Nn1cnc2ccccc21)c1ccc2c(c1)OCO2. The molecular weight excluding hydrogens is 270 g/mol. The van der Waals surface area contributed by atoms with Crippen LogP contribution in [0.1, 0.15) is 10.4 Å². The molecular formula is C15H11N3O3. The highest BCUT2D eigenvalue weighted by Crippen LogP contribution is 2.32. The second-order valence-electron chi connectivity index (χ2n) is 4.61. The van der Waals surface area contributed by atoms with Crippen LogP contribution in [0.15, 0.2) is 48.8 Å². The topological polar surface area (TPSA) is 65.4 Å². The Morgan fingerprint density at radius 3 is 2.95 bits per heavy atom. The number of rotatable bonds is 2. The van der Waals surface area contributed by atoms with E-state index in [0.29, 0.717) is 17.1 Å². The zero-order chi connectivity index (χ0) is 14.2. The lowest BCUT2D eigenvalue weighted by Crippen LogP contribution is -2.21. The van der Waals surface area contributed by atoms with Crippen molar-refractivity contribution in [3.63, 3.8) is 0 Å². The van der Waals surface area contributed by atoms with Crippen LogP contribution in [0.2, 0.25) is 0 Å². The predicted molar refractivity (Wildman–Crippen MR) is 76.0 cm³/mol. The Hall–Kier alpha value is -3.02. The summed E-state index contributed by atoms with van der Waals surface area (Å²) in [7, 11) is 0. The maximum atomic E-state index is 12.3. The quantitative estimate of drug-likeness (QED) is 0.781. The number of nitrogens with zero attached hydrogens (tertiary/aromatic N) is 2. The van der Waals surface area contributed by atoms with Crippen molar-refractivity contribution >= 4 is 16.9 Å². The van der Waals surface area contributed by atoms with Gasteiger partial charge in [0.25, 0.3) is 5.91 Å². The molecule has 6 heteroatoms. The number of carbonyl (C=O) groups is 1. The van der Waals surface area contributed by atoms with Crippen LogP contribution in [-0.4, -0.2) is 22.4 Å². The smallest absolute Gasteiger partial charge is 0.270 e. The lowest BCUT2D eigenvalue weighted by atomic mass is 10.2. The summed E-state index contributed by atoms with van der Waals surface area (Å²) >= 11 is 0. The standard InChI is InChI=1S/C15H11N3O3/c19-15(10-5-6-13-14(7-10)21-9-20-13)17-18-8-16-11-3-1-2-4-12(11)18/h1-8H,9H2,(H,17,19). The summed E-state index contributed by atoms with van der Waals surface area (Å²) in [5, 5.41) is 0. The third-order valence-corrected chi connectivity index (χ3v) is 3.31. The third kappa shape index (κ3) is 1.97. The first-order valence-electron chi connectivity index (χ1n) is 6.44. The largest absolute Gasteiger partial charge is 0.454 e. The number of benzene rings is 2. The average molecular weight is 281 g/mol. The van der Waals surface area contributed by atoms with Crippen molar-refractivity contribution in [3.05, 3.63) is 54.4 Å². The van der Waals surface area contributed by atoms with E-state index in [4.69, 9.17) is 9.47 Å². The summed E-state index contributed by atoms with van der Waals surface area (Å²) in [4.78, 5) is 16.5. The second kappa shape index (κ2) is 4.52. The van der Waals surface area contributed by atoms with Gasteiger partial charge >= 0.3 is 0 Å². The van der Waals surface area contributed by atoms with Gasteiger partial charge in [-0.1, -0.05) is 12.1 Å². The normalized spacial score (nSPS) is 12.6. The zero-order valence-corrected chi connectivity index (χ0v) is 10.9. The second-order valence-corrected chi connectivity index (χ2v) is 4.61. The maximum Gasteiger partial charge on any atom is 0.270 e. The summed E-state index contributed by atoms with van der Waals surface area (Å²) in [6.45, 7) is 0.187. The number of nitrogens with one attached hydrogen (secondary N) is 1. The molecule has 104 valence electrons. The molecule has 0 radical (unpaired) electrons. The van der Waals surface area contributed by atoms with Crippen LogP contribution in [0.5, 0.6) is 11.5 Å². The average Bonchev–Trinajstić information content (AvgIpc) is 3.13. The van der Waals surface area contributed by atoms with E-state index >= 15 is 0 Å². The molecule has 4 rings (SSSR count). The zero-order valence-electron chi connectivity index (χ0n) is 10.9. The summed E-state index contributed by atoms with van der Waals surface area (Å²) in [5.41, 5.74) is 4.95. The Balaban J connectivity index is 1.63. The van der Waals surface area contributed by atoms with Crippen LogP contribution in [0.3, 0.4) is 0 Å². The van der Waals surface area contributed by atoms with Gasteiger partial charge in [-0.05, 0) is 30.3 Å². The molecule has 1 amide bonds. The first-order valence-corrected chi connectivity index (χ1v) is 6.44. The monoisotopic (exact) mass is 281 g/mol. The number of hydrogen-bond acceptors (Lipinski definition) is 4. The fourth-order valence-corrected chi connectivity index (χ4v) is 2.26. The molecule has 3 aromatic rings. The molecule has 21 heavy (non-hydrogen) atoms. The Morgan fingerprint density at radius 1 is 1.14 bits per heavy atom. The van der Waals surface area contributed by atoms with E-state index < -0.39 is 0 Å². The molecule has 0 saturated heterocycles. The van der Waals surface area contributed by atoms with Gasteiger partial charge in [-0.25, -0.2) is 9.66 Å². The number of para-hydroxylation sites is 2. The van der Waals surface area contributed by atoms with Gasteiger partial charge in [0.2, 0.25) is 6.79 Å². The van der Waals surface area contributed by atoms with E-state index in [2.05, 4.69) is 10.4 Å². The van der Waals surface area contributed by atoms with Gasteiger partial charge in [-0.15, -0.1) is 0 Å². The molecule has 0 aliphatic carbocycles. The number of amides is 1. The van der Waals surface area contributed by atoms with Gasteiger partial charge in [0.15, 0.2) is 11.5 Å². The van der Waals surface area contributed by atoms with Crippen LogP contribution in [0.25, 0.3) is 11.0 Å². The van der Waals surface area contributed by atoms with Crippen molar-refractivity contribution in [1.82, 2.24) is 9.66 Å². The lowest BCUT2D eigenvalue weighted by molar-refractivity contribution is 0.101. The minimum Gasteiger partial charge on any atom is -0.454 e. The molecule has 0 fully saturated rings. The van der Waals surface area contributed by atoms with Crippen molar-refractivity contribution in [2.75, 3.05) is 12.2 Å². The van der Waals surface area contributed by atoms with Crippen molar-refractivity contribution < 1.29 is 14.3 Å². The predicted octanol–water partition coefficient (Wildman–Crippen LogP) is 2.15. The third-order valence-electron chi connectivity index (χ3n) is 3.31. The van der Waals surface area contributed by atoms with Gasteiger partial charge in [-0.3, -0.25) is 10.2 Å². The van der Waals surface area contributed by atoms with Crippen molar-refractivity contribution in [3.8, 4) is 11.5 Å². The fourth-order valence-electron chi connectivity index (χ4n) is 2.26. The van der Waals surface area contributed by atoms with Crippen molar-refractivity contribution in [2.24, 2.45) is 0 Å². The highest BCUT2D eigenvalue weighted by Gasteiger charge is 2.16. The molecule has 1 N–H and O–H groups in total. The molecule has 0 spiro atoms. The molecule has 2 heterocycles. The summed E-state index contributed by atoms with van der Waals surface area (Å²) < 4.78 is 12.1. The van der Waals surface area contributed by atoms with Gasteiger partial charge < -0.3 is 9.47 Å². The Morgan fingerprint density at radius 2 is 2.00 bits per heavy atom. The van der Waals surface area contributed by atoms with E-state index in [1.807, 2.05) is 24.3 Å². The van der Waals surface area contributed by atoms with E-state index in [-0.39, 0.29) is 12.7 Å². The first kappa shape index (κ1) is 11.8. The fraction of sp³-hybridized carbons (Fsp3) is 0.0667. The molecule has 6 nitrogen and oxygen atoms in total. The van der Waals surface area contributed by atoms with Crippen molar-refractivity contribution in [2.45, 2.75) is 0 Å². The lowest BCUT2D eigenvalue weighted by Gasteiger charge is -2.07. The Kier molecular flexibility index (Phi) is 2.53. The van der Waals surface area contributed by atoms with Crippen molar-refractivity contribution in [1.29, 1.82) is 0 Å². The number of imidazole rings is 1. The minimum absolute atomic E-state index is 0.187. The molecule has 1 aliphatic heterocycles. The van der Waals surface area contributed by atoms with Crippen LogP contribution in [-0.2, 0) is 0 Å². The Labute approximate surface area is 119 Å². The van der Waals surface area contributed by atoms with E-state index in [9.17, 15) is 4.79 Å². The van der Waals surface area contributed by atoms with Crippen LogP contribution in [0, 0.1) is 0 Å². The maximum absolute atomic E-state index is 12.3. The minimum atomic E-state index is -0.239. The molecule has 1 aromatic heterocycles.